The highest BCUT2D eigenvalue weighted by Gasteiger charge is 2.24. The molecule has 4 rings (SSSR count). The van der Waals surface area contributed by atoms with E-state index in [1.807, 2.05) is 30.3 Å². The summed E-state index contributed by atoms with van der Waals surface area (Å²) in [5.41, 5.74) is 0.946. The average Bonchev–Trinajstić information content (AvgIpc) is 3.23. The fraction of sp³-hybridized carbons (Fsp3) is 0.333. The van der Waals surface area contributed by atoms with Crippen molar-refractivity contribution in [2.45, 2.75) is 19.4 Å². The first-order valence-electron chi connectivity index (χ1n) is 8.18. The highest BCUT2D eigenvalue weighted by atomic mass is 32.1. The zero-order valence-electron chi connectivity index (χ0n) is 13.4. The minimum Gasteiger partial charge on any atom is -0.448 e. The van der Waals surface area contributed by atoms with Gasteiger partial charge in [-0.05, 0) is 43.1 Å². The number of thiazole rings is 1. The van der Waals surface area contributed by atoms with Crippen LogP contribution in [0, 0.1) is 5.92 Å². The van der Waals surface area contributed by atoms with Gasteiger partial charge in [0.25, 0.3) is 5.91 Å². The maximum Gasteiger partial charge on any atom is 0.287 e. The molecule has 3 aromatic rings. The van der Waals surface area contributed by atoms with Crippen LogP contribution in [-0.2, 0) is 0 Å². The molecule has 1 saturated heterocycles. The standard InChI is InChI=1S/C18H19N3O2S/c1-11-8-9-19-10-13(11)20-17(22)14-6-7-15(23-14)18-21-12-4-2-3-5-16(12)24-18/h2-7,11,13,19H,8-10H2,1H3,(H,20,22). The lowest BCUT2D eigenvalue weighted by Crippen LogP contribution is -2.50. The molecule has 1 amide bonds. The second-order valence-electron chi connectivity index (χ2n) is 6.20. The topological polar surface area (TPSA) is 67.2 Å². The van der Waals surface area contributed by atoms with Gasteiger partial charge in [-0.15, -0.1) is 11.3 Å². The van der Waals surface area contributed by atoms with Crippen LogP contribution in [-0.4, -0.2) is 30.0 Å². The van der Waals surface area contributed by atoms with Gasteiger partial charge in [-0.25, -0.2) is 4.98 Å². The summed E-state index contributed by atoms with van der Waals surface area (Å²) in [7, 11) is 0. The van der Waals surface area contributed by atoms with Crippen LogP contribution in [0.25, 0.3) is 21.0 Å². The Labute approximate surface area is 144 Å². The molecule has 0 bridgehead atoms. The summed E-state index contributed by atoms with van der Waals surface area (Å²) >= 11 is 1.56. The number of piperidine rings is 1. The van der Waals surface area contributed by atoms with Gasteiger partial charge < -0.3 is 15.1 Å². The number of rotatable bonds is 3. The molecule has 1 aliphatic rings. The minimum atomic E-state index is -0.164. The van der Waals surface area contributed by atoms with Crippen LogP contribution in [0.5, 0.6) is 0 Å². The molecule has 1 fully saturated rings. The predicted molar refractivity (Wildman–Crippen MR) is 95.2 cm³/mol. The Hall–Kier alpha value is -2.18. The molecule has 2 N–H and O–H groups in total. The third-order valence-electron chi connectivity index (χ3n) is 4.48. The summed E-state index contributed by atoms with van der Waals surface area (Å²) in [5, 5.41) is 7.17. The van der Waals surface area contributed by atoms with Gasteiger partial charge >= 0.3 is 0 Å². The van der Waals surface area contributed by atoms with E-state index in [4.69, 9.17) is 4.42 Å². The minimum absolute atomic E-state index is 0.141. The Balaban J connectivity index is 1.52. The van der Waals surface area contributed by atoms with E-state index in [9.17, 15) is 4.79 Å². The molecule has 6 heteroatoms. The highest BCUT2D eigenvalue weighted by Crippen LogP contribution is 2.31. The number of aromatic nitrogens is 1. The monoisotopic (exact) mass is 341 g/mol. The van der Waals surface area contributed by atoms with E-state index in [2.05, 4.69) is 22.5 Å². The lowest BCUT2D eigenvalue weighted by Gasteiger charge is -2.29. The normalized spacial score (nSPS) is 21.0. The molecular weight excluding hydrogens is 322 g/mol. The first-order valence-corrected chi connectivity index (χ1v) is 9.00. The maximum absolute atomic E-state index is 12.4. The number of nitrogens with zero attached hydrogens (tertiary/aromatic N) is 1. The number of hydrogen-bond donors (Lipinski definition) is 2. The van der Waals surface area contributed by atoms with E-state index in [1.54, 1.807) is 17.4 Å². The van der Waals surface area contributed by atoms with Gasteiger partial charge in [0.15, 0.2) is 16.5 Å². The smallest absolute Gasteiger partial charge is 0.287 e. The van der Waals surface area contributed by atoms with Crippen LogP contribution in [0.1, 0.15) is 23.9 Å². The Bertz CT molecular complexity index is 837. The van der Waals surface area contributed by atoms with Crippen molar-refractivity contribution in [3.05, 3.63) is 42.2 Å². The summed E-state index contributed by atoms with van der Waals surface area (Å²) in [4.78, 5) is 17.0. The number of amides is 1. The van der Waals surface area contributed by atoms with E-state index in [0.29, 0.717) is 17.4 Å². The Kier molecular flexibility index (Phi) is 4.08. The zero-order chi connectivity index (χ0) is 16.5. The number of hydrogen-bond acceptors (Lipinski definition) is 5. The average molecular weight is 341 g/mol. The van der Waals surface area contributed by atoms with Crippen LogP contribution in [0.4, 0.5) is 0 Å². The molecule has 1 aromatic carbocycles. The number of carbonyl (C=O) groups is 1. The number of benzene rings is 1. The molecule has 3 heterocycles. The fourth-order valence-electron chi connectivity index (χ4n) is 2.97. The van der Waals surface area contributed by atoms with Crippen LogP contribution in [0.15, 0.2) is 40.8 Å². The number of furan rings is 1. The Morgan fingerprint density at radius 1 is 1.33 bits per heavy atom. The highest BCUT2D eigenvalue weighted by molar-refractivity contribution is 7.21. The van der Waals surface area contributed by atoms with E-state index >= 15 is 0 Å². The van der Waals surface area contributed by atoms with Gasteiger partial charge in [0, 0.05) is 12.6 Å². The molecule has 0 radical (unpaired) electrons. The van der Waals surface area contributed by atoms with Crippen molar-refractivity contribution < 1.29 is 9.21 Å². The van der Waals surface area contributed by atoms with E-state index in [1.165, 1.54) is 0 Å². The van der Waals surface area contributed by atoms with Crippen molar-refractivity contribution in [1.29, 1.82) is 0 Å². The molecule has 24 heavy (non-hydrogen) atoms. The molecule has 0 saturated carbocycles. The SMILES string of the molecule is CC1CCNCC1NC(=O)c1ccc(-c2nc3ccccc3s2)o1. The second kappa shape index (κ2) is 6.37. The third kappa shape index (κ3) is 2.95. The maximum atomic E-state index is 12.4. The van der Waals surface area contributed by atoms with E-state index in [0.717, 1.165) is 34.7 Å². The first kappa shape index (κ1) is 15.4. The van der Waals surface area contributed by atoms with Gasteiger partial charge in [-0.2, -0.15) is 0 Å². The Morgan fingerprint density at radius 3 is 3.04 bits per heavy atom. The van der Waals surface area contributed by atoms with Gasteiger partial charge in [0.2, 0.25) is 0 Å². The van der Waals surface area contributed by atoms with E-state index < -0.39 is 0 Å². The number of para-hydroxylation sites is 1. The lowest BCUT2D eigenvalue weighted by atomic mass is 9.95. The summed E-state index contributed by atoms with van der Waals surface area (Å²) in [6.45, 7) is 3.98. The van der Waals surface area contributed by atoms with Crippen LogP contribution < -0.4 is 10.6 Å². The fourth-order valence-corrected chi connectivity index (χ4v) is 3.90. The molecule has 2 unspecified atom stereocenters. The van der Waals surface area contributed by atoms with Crippen LogP contribution in [0.3, 0.4) is 0 Å². The second-order valence-corrected chi connectivity index (χ2v) is 7.23. The van der Waals surface area contributed by atoms with Gasteiger partial charge in [-0.3, -0.25) is 4.79 Å². The summed E-state index contributed by atoms with van der Waals surface area (Å²) in [6.07, 6.45) is 1.07. The van der Waals surface area contributed by atoms with Crippen molar-refractivity contribution >= 4 is 27.5 Å². The zero-order valence-corrected chi connectivity index (χ0v) is 14.2. The van der Waals surface area contributed by atoms with Crippen molar-refractivity contribution in [2.24, 2.45) is 5.92 Å². The van der Waals surface area contributed by atoms with E-state index in [-0.39, 0.29) is 11.9 Å². The first-order chi connectivity index (χ1) is 11.7. The van der Waals surface area contributed by atoms with Crippen LogP contribution in [0.2, 0.25) is 0 Å². The van der Waals surface area contributed by atoms with Crippen molar-refractivity contribution in [2.75, 3.05) is 13.1 Å². The summed E-state index contributed by atoms with van der Waals surface area (Å²) < 4.78 is 6.86. The lowest BCUT2D eigenvalue weighted by molar-refractivity contribution is 0.0888. The number of fused-ring (bicyclic) bond motifs is 1. The molecule has 1 aliphatic heterocycles. The largest absolute Gasteiger partial charge is 0.448 e. The van der Waals surface area contributed by atoms with Gasteiger partial charge in [-0.1, -0.05) is 19.1 Å². The molecule has 124 valence electrons. The van der Waals surface area contributed by atoms with Gasteiger partial charge in [0.1, 0.15) is 0 Å². The van der Waals surface area contributed by atoms with Crippen molar-refractivity contribution in [1.82, 2.24) is 15.6 Å². The van der Waals surface area contributed by atoms with Crippen LogP contribution >= 0.6 is 11.3 Å². The quantitative estimate of drug-likeness (QED) is 0.767. The summed E-state index contributed by atoms with van der Waals surface area (Å²) in [5.74, 6) is 1.27. The van der Waals surface area contributed by atoms with Gasteiger partial charge in [0.05, 0.1) is 10.2 Å². The third-order valence-corrected chi connectivity index (χ3v) is 5.53. The number of nitrogens with one attached hydrogen (secondary N) is 2. The number of carbonyl (C=O) groups excluding carboxylic acids is 1. The molecule has 2 aromatic heterocycles. The van der Waals surface area contributed by atoms with Crippen molar-refractivity contribution in [3.63, 3.8) is 0 Å². The molecule has 0 spiro atoms. The molecule has 5 nitrogen and oxygen atoms in total. The van der Waals surface area contributed by atoms with Crippen molar-refractivity contribution in [3.8, 4) is 10.8 Å². The molecule has 0 aliphatic carbocycles. The summed E-state index contributed by atoms with van der Waals surface area (Å²) in [6, 6.07) is 11.6. The molecular formula is C18H19N3O2S. The predicted octanol–water partition coefficient (Wildman–Crippen LogP) is 3.28. The Morgan fingerprint density at radius 2 is 2.21 bits per heavy atom. The molecule has 2 atom stereocenters.